The van der Waals surface area contributed by atoms with Crippen molar-refractivity contribution in [2.75, 3.05) is 6.61 Å². The molecule has 0 spiro atoms. The molecule has 5 nitrogen and oxygen atoms in total. The Kier molecular flexibility index (Phi) is 4.85. The normalized spacial score (nSPS) is 17.4. The van der Waals surface area contributed by atoms with E-state index in [1.54, 1.807) is 0 Å². The molecule has 6 heteroatoms. The molecule has 1 aliphatic heterocycles. The highest BCUT2D eigenvalue weighted by atomic mass is 31.1. The lowest BCUT2D eigenvalue weighted by Gasteiger charge is -1.98. The molecule has 0 radical (unpaired) electrons. The summed E-state index contributed by atoms with van der Waals surface area (Å²) in [6, 6.07) is 0. The zero-order valence-electron chi connectivity index (χ0n) is 8.77. The molecule has 0 saturated carbocycles. The summed E-state index contributed by atoms with van der Waals surface area (Å²) >= 11 is 0. The molecule has 1 saturated heterocycles. The fraction of sp³-hybridized carbons (Fsp3) is 0.778. The average molecular weight is 232 g/mol. The van der Waals surface area contributed by atoms with Crippen LogP contribution in [0, 0.1) is 0 Å². The van der Waals surface area contributed by atoms with E-state index in [2.05, 4.69) is 0 Å². The molecule has 0 aliphatic carbocycles. The van der Waals surface area contributed by atoms with Crippen molar-refractivity contribution in [1.82, 2.24) is 4.67 Å². The predicted molar refractivity (Wildman–Crippen MR) is 54.2 cm³/mol. The molecule has 1 fully saturated rings. The smallest absolute Gasteiger partial charge is 0.270 e. The van der Waals surface area contributed by atoms with Crippen LogP contribution in [0.2, 0.25) is 0 Å². The Hall–Kier alpha value is -0.800. The number of hydrogen-bond donors (Lipinski definition) is 0. The van der Waals surface area contributed by atoms with Crippen LogP contribution >= 0.6 is 8.18 Å². The van der Waals surface area contributed by atoms with Crippen LogP contribution in [0.5, 0.6) is 0 Å². The third kappa shape index (κ3) is 3.36. The number of carbonyl (C=O) groups excluding carboxylic acids is 2. The molecule has 0 aromatic rings. The van der Waals surface area contributed by atoms with Gasteiger partial charge in [0.05, 0.1) is 0 Å². The van der Waals surface area contributed by atoms with E-state index < -0.39 is 20.0 Å². The Morgan fingerprint density at radius 2 is 1.87 bits per heavy atom. The number of hydrogen-bond acceptors (Lipinski definition) is 4. The molecular weight excluding hydrogens is 217 g/mol. The van der Waals surface area contributed by atoms with Crippen molar-refractivity contribution in [1.29, 1.82) is 0 Å². The van der Waals surface area contributed by atoms with Crippen LogP contribution in [-0.2, 0) is 18.7 Å². The van der Waals surface area contributed by atoms with Gasteiger partial charge in [-0.3, -0.25) is 9.59 Å². The summed E-state index contributed by atoms with van der Waals surface area (Å²) in [6.07, 6.45) is 3.14. The molecule has 2 amide bonds. The summed E-state index contributed by atoms with van der Waals surface area (Å²) in [6.45, 7) is 2.38. The molecular formula is C9H15NO4P+. The first-order valence-electron chi connectivity index (χ1n) is 5.12. The summed E-state index contributed by atoms with van der Waals surface area (Å²) in [5, 5.41) is 0. The van der Waals surface area contributed by atoms with Gasteiger partial charge in [-0.1, -0.05) is 19.8 Å². The van der Waals surface area contributed by atoms with Crippen LogP contribution in [0.15, 0.2) is 0 Å². The van der Waals surface area contributed by atoms with Crippen molar-refractivity contribution >= 4 is 20.0 Å². The molecule has 1 rings (SSSR count). The fourth-order valence-corrected chi connectivity index (χ4v) is 2.26. The molecule has 1 aliphatic rings. The Labute approximate surface area is 89.7 Å². The second-order valence-electron chi connectivity index (χ2n) is 3.38. The highest BCUT2D eigenvalue weighted by Gasteiger charge is 2.45. The van der Waals surface area contributed by atoms with E-state index in [1.807, 2.05) is 6.92 Å². The van der Waals surface area contributed by atoms with Gasteiger partial charge in [-0.05, 0) is 15.7 Å². The van der Waals surface area contributed by atoms with Crippen LogP contribution in [0.4, 0.5) is 0 Å². The third-order valence-electron chi connectivity index (χ3n) is 2.14. The van der Waals surface area contributed by atoms with E-state index in [-0.39, 0.29) is 12.8 Å². The first-order valence-corrected chi connectivity index (χ1v) is 6.25. The van der Waals surface area contributed by atoms with Crippen molar-refractivity contribution in [3.63, 3.8) is 0 Å². The summed E-state index contributed by atoms with van der Waals surface area (Å²) in [5.74, 6) is -0.784. The van der Waals surface area contributed by atoms with E-state index in [1.165, 1.54) is 0 Å². The second-order valence-corrected chi connectivity index (χ2v) is 4.51. The molecule has 84 valence electrons. The third-order valence-corrected chi connectivity index (χ3v) is 3.31. The molecule has 1 heterocycles. The Balaban J connectivity index is 2.33. The maximum Gasteiger partial charge on any atom is 0.656 e. The average Bonchev–Trinajstić information content (AvgIpc) is 2.53. The first kappa shape index (κ1) is 12.3. The Morgan fingerprint density at radius 3 is 2.40 bits per heavy atom. The van der Waals surface area contributed by atoms with Gasteiger partial charge in [0, 0.05) is 12.8 Å². The molecule has 1 atom stereocenters. The lowest BCUT2D eigenvalue weighted by atomic mass is 10.3. The molecule has 0 aromatic carbocycles. The van der Waals surface area contributed by atoms with Crippen LogP contribution in [0.1, 0.15) is 39.0 Å². The van der Waals surface area contributed by atoms with Gasteiger partial charge in [0.25, 0.3) is 11.8 Å². The van der Waals surface area contributed by atoms with E-state index in [9.17, 15) is 14.2 Å². The highest BCUT2D eigenvalue weighted by Crippen LogP contribution is 2.34. The molecule has 15 heavy (non-hydrogen) atoms. The summed E-state index contributed by atoms with van der Waals surface area (Å²) < 4.78 is 17.2. The minimum Gasteiger partial charge on any atom is -0.270 e. The fourth-order valence-electron chi connectivity index (χ4n) is 1.30. The van der Waals surface area contributed by atoms with Gasteiger partial charge < -0.3 is 0 Å². The van der Waals surface area contributed by atoms with Crippen molar-refractivity contribution in [2.45, 2.75) is 39.0 Å². The second kappa shape index (κ2) is 5.93. The zero-order chi connectivity index (χ0) is 11.3. The zero-order valence-corrected chi connectivity index (χ0v) is 9.66. The van der Waals surface area contributed by atoms with E-state index in [0.717, 1.165) is 23.9 Å². The number of rotatable bonds is 6. The van der Waals surface area contributed by atoms with Crippen molar-refractivity contribution < 1.29 is 18.7 Å². The molecule has 0 aromatic heterocycles. The van der Waals surface area contributed by atoms with Crippen LogP contribution in [-0.4, -0.2) is 23.1 Å². The first-order chi connectivity index (χ1) is 7.16. The topological polar surface area (TPSA) is 63.7 Å². The van der Waals surface area contributed by atoms with Crippen molar-refractivity contribution in [2.24, 2.45) is 0 Å². The highest BCUT2D eigenvalue weighted by molar-refractivity contribution is 7.38. The van der Waals surface area contributed by atoms with Gasteiger partial charge in [-0.15, -0.1) is 4.52 Å². The van der Waals surface area contributed by atoms with Gasteiger partial charge in [-0.2, -0.15) is 0 Å². The maximum atomic E-state index is 11.4. The van der Waals surface area contributed by atoms with Crippen LogP contribution in [0.25, 0.3) is 0 Å². The van der Waals surface area contributed by atoms with Gasteiger partial charge in [0.15, 0.2) is 0 Å². The number of carbonyl (C=O) groups is 2. The number of unbranched alkanes of at least 4 members (excludes halogenated alkanes) is 2. The van der Waals surface area contributed by atoms with Gasteiger partial charge in [0.2, 0.25) is 0 Å². The van der Waals surface area contributed by atoms with Crippen molar-refractivity contribution in [3.05, 3.63) is 0 Å². The van der Waals surface area contributed by atoms with Crippen LogP contribution in [0.3, 0.4) is 0 Å². The number of imide groups is 1. The standard InChI is InChI=1S/C9H15NO4P/c1-2-3-4-7-14-15(13)10-8(11)5-6-9(10)12/h2-7H2,1H3/q+1. The van der Waals surface area contributed by atoms with E-state index in [0.29, 0.717) is 6.61 Å². The molecule has 0 N–H and O–H groups in total. The van der Waals surface area contributed by atoms with Gasteiger partial charge in [0.1, 0.15) is 6.61 Å². The minimum absolute atomic E-state index is 0.151. The minimum atomic E-state index is -2.29. The lowest BCUT2D eigenvalue weighted by Crippen LogP contribution is -2.21. The predicted octanol–water partition coefficient (Wildman–Crippen LogP) is 2.00. The van der Waals surface area contributed by atoms with Crippen molar-refractivity contribution in [3.8, 4) is 0 Å². The summed E-state index contributed by atoms with van der Waals surface area (Å²) in [5.41, 5.74) is 0. The van der Waals surface area contributed by atoms with E-state index in [4.69, 9.17) is 4.52 Å². The summed E-state index contributed by atoms with van der Waals surface area (Å²) in [4.78, 5) is 22.3. The molecule has 1 unspecified atom stereocenters. The SMILES string of the molecule is CCCCCO[P+](=O)N1C(=O)CCC1=O. The molecule has 0 bridgehead atoms. The Bertz CT molecular complexity index is 263. The lowest BCUT2D eigenvalue weighted by molar-refractivity contribution is -0.132. The summed E-state index contributed by atoms with van der Waals surface area (Å²) in [7, 11) is -2.29. The Morgan fingerprint density at radius 1 is 1.27 bits per heavy atom. The van der Waals surface area contributed by atoms with Crippen LogP contribution < -0.4 is 0 Å². The largest absolute Gasteiger partial charge is 0.656 e. The number of nitrogens with zero attached hydrogens (tertiary/aromatic N) is 1. The van der Waals surface area contributed by atoms with Gasteiger partial charge in [-0.25, -0.2) is 0 Å². The monoisotopic (exact) mass is 232 g/mol. The van der Waals surface area contributed by atoms with E-state index >= 15 is 0 Å². The quantitative estimate of drug-likeness (QED) is 0.399. The van der Waals surface area contributed by atoms with Gasteiger partial charge >= 0.3 is 8.18 Å². The maximum absolute atomic E-state index is 11.4. The number of amides is 2.